The first-order valence-electron chi connectivity index (χ1n) is 7.28. The molecule has 124 valence electrons. The van der Waals surface area contributed by atoms with Crippen molar-refractivity contribution < 1.29 is 5.21 Å². The lowest BCUT2D eigenvalue weighted by molar-refractivity contribution is -0.193. The van der Waals surface area contributed by atoms with Gasteiger partial charge in [-0.25, -0.2) is 4.98 Å². The fraction of sp³-hybridized carbons (Fsp3) is 0.533. The molecule has 0 aliphatic carbocycles. The molecule has 0 spiro atoms. The molecule has 0 amide bonds. The zero-order chi connectivity index (χ0) is 17.3. The number of aromatic nitrogens is 1. The van der Waals surface area contributed by atoms with E-state index in [-0.39, 0.29) is 11.6 Å². The number of hydrogen-bond acceptors (Lipinski definition) is 5. The van der Waals surface area contributed by atoms with E-state index in [9.17, 15) is 5.21 Å². The summed E-state index contributed by atoms with van der Waals surface area (Å²) in [5.74, 6) is 0.324. The molecule has 0 bridgehead atoms. The molecule has 3 N–H and O–H groups in total. The molecule has 0 radical (unpaired) electrons. The monoisotopic (exact) mass is 380 g/mol. The molecule has 1 atom stereocenters. The quantitative estimate of drug-likeness (QED) is 0.316. The number of aliphatic imine (C=N–C) groups is 1. The minimum atomic E-state index is -0.506. The summed E-state index contributed by atoms with van der Waals surface area (Å²) in [5.41, 5.74) is -0.175. The summed E-state index contributed by atoms with van der Waals surface area (Å²) in [7, 11) is 0. The van der Waals surface area contributed by atoms with Gasteiger partial charge < -0.3 is 15.8 Å². The lowest BCUT2D eigenvalue weighted by Crippen LogP contribution is -2.54. The van der Waals surface area contributed by atoms with Gasteiger partial charge in [0, 0.05) is 11.7 Å². The Balaban J connectivity index is 2.20. The van der Waals surface area contributed by atoms with Gasteiger partial charge in [-0.05, 0) is 62.2 Å². The summed E-state index contributed by atoms with van der Waals surface area (Å²) in [6.07, 6.45) is 4.16. The van der Waals surface area contributed by atoms with E-state index in [1.54, 1.807) is 18.5 Å². The van der Waals surface area contributed by atoms with Crippen molar-refractivity contribution in [1.29, 1.82) is 5.26 Å². The number of hydrogen-bond donors (Lipinski definition) is 3. The van der Waals surface area contributed by atoms with Gasteiger partial charge in [-0.3, -0.25) is 0 Å². The van der Waals surface area contributed by atoms with Crippen molar-refractivity contribution in [2.24, 2.45) is 4.99 Å². The van der Waals surface area contributed by atoms with Crippen LogP contribution in [0.1, 0.15) is 34.1 Å². The molecule has 1 aliphatic heterocycles. The maximum Gasteiger partial charge on any atom is 0.212 e. The fourth-order valence-corrected chi connectivity index (χ4v) is 3.26. The number of pyridine rings is 1. The minimum Gasteiger partial charge on any atom is -0.350 e. The van der Waals surface area contributed by atoms with E-state index < -0.39 is 5.54 Å². The van der Waals surface area contributed by atoms with Crippen LogP contribution in [0.3, 0.4) is 0 Å². The minimum absolute atomic E-state index is 0.0856. The topological polar surface area (TPSA) is 96.6 Å². The van der Waals surface area contributed by atoms with Crippen molar-refractivity contribution in [3.8, 4) is 6.19 Å². The molecular weight excluding hydrogens is 360 g/mol. The number of halogens is 1. The van der Waals surface area contributed by atoms with Crippen molar-refractivity contribution in [3.05, 3.63) is 22.9 Å². The van der Waals surface area contributed by atoms with Crippen LogP contribution >= 0.6 is 15.9 Å². The second-order valence-corrected chi connectivity index (χ2v) is 7.46. The Morgan fingerprint density at radius 2 is 2.22 bits per heavy atom. The molecule has 2 heterocycles. The van der Waals surface area contributed by atoms with E-state index in [1.165, 1.54) is 5.06 Å². The Morgan fingerprint density at radius 3 is 2.74 bits per heavy atom. The van der Waals surface area contributed by atoms with Gasteiger partial charge in [0.25, 0.3) is 0 Å². The summed E-state index contributed by atoms with van der Waals surface area (Å²) in [4.78, 5) is 7.94. The Labute approximate surface area is 144 Å². The van der Waals surface area contributed by atoms with Gasteiger partial charge in [0.05, 0.1) is 17.3 Å². The first-order valence-corrected chi connectivity index (χ1v) is 8.08. The van der Waals surface area contributed by atoms with Gasteiger partial charge in [-0.1, -0.05) is 0 Å². The second-order valence-electron chi connectivity index (χ2n) is 6.71. The maximum atomic E-state index is 10.4. The van der Waals surface area contributed by atoms with E-state index in [1.807, 2.05) is 33.8 Å². The Hall–Kier alpha value is -1.69. The van der Waals surface area contributed by atoms with Gasteiger partial charge in [-0.15, -0.1) is 4.99 Å². The molecule has 1 aromatic rings. The molecule has 0 aromatic carbocycles. The van der Waals surface area contributed by atoms with Crippen molar-refractivity contribution in [2.45, 2.75) is 51.2 Å². The normalized spacial score (nSPS) is 23.3. The zero-order valence-electron chi connectivity index (χ0n) is 13.6. The molecule has 1 fully saturated rings. The van der Waals surface area contributed by atoms with Crippen LogP contribution in [0.4, 0.5) is 5.69 Å². The molecule has 2 rings (SSSR count). The third-order valence-electron chi connectivity index (χ3n) is 4.16. The molecule has 7 nitrogen and oxygen atoms in total. The Kier molecular flexibility index (Phi) is 4.94. The Bertz CT molecular complexity index is 652. The molecule has 1 saturated heterocycles. The van der Waals surface area contributed by atoms with Gasteiger partial charge in [0.1, 0.15) is 4.60 Å². The number of guanidine groups is 1. The lowest BCUT2D eigenvalue weighted by atomic mass is 9.94. The fourth-order valence-electron chi connectivity index (χ4n) is 2.91. The van der Waals surface area contributed by atoms with Crippen LogP contribution in [0.15, 0.2) is 27.9 Å². The van der Waals surface area contributed by atoms with Crippen molar-refractivity contribution >= 4 is 27.6 Å². The zero-order valence-corrected chi connectivity index (χ0v) is 15.2. The van der Waals surface area contributed by atoms with E-state index in [0.717, 1.165) is 0 Å². The predicted molar refractivity (Wildman–Crippen MR) is 91.9 cm³/mol. The SMILES string of the molecule is CC1(C)CC(N/C(=N/C#N)Nc2cccnc2Br)C(C)(C)N1O. The Morgan fingerprint density at radius 1 is 1.52 bits per heavy atom. The van der Waals surface area contributed by atoms with Crippen LogP contribution in [0.25, 0.3) is 0 Å². The third kappa shape index (κ3) is 3.63. The predicted octanol–water partition coefficient (Wildman–Crippen LogP) is 2.70. The van der Waals surface area contributed by atoms with Crippen LogP contribution in [-0.2, 0) is 0 Å². The number of nitrogens with one attached hydrogen (secondary N) is 2. The number of rotatable bonds is 2. The van der Waals surface area contributed by atoms with E-state index in [2.05, 4.69) is 36.5 Å². The summed E-state index contributed by atoms with van der Waals surface area (Å²) < 4.78 is 0.627. The summed E-state index contributed by atoms with van der Waals surface area (Å²) >= 11 is 3.35. The second kappa shape index (κ2) is 6.43. The molecule has 1 aromatic heterocycles. The maximum absolute atomic E-state index is 10.4. The highest BCUT2D eigenvalue weighted by Crippen LogP contribution is 2.39. The van der Waals surface area contributed by atoms with Crippen LogP contribution in [0.5, 0.6) is 0 Å². The average molecular weight is 381 g/mol. The van der Waals surface area contributed by atoms with E-state index in [4.69, 9.17) is 5.26 Å². The summed E-state index contributed by atoms with van der Waals surface area (Å²) in [5, 5.41) is 27.0. The average Bonchev–Trinajstić information content (AvgIpc) is 2.62. The van der Waals surface area contributed by atoms with Crippen molar-refractivity contribution in [3.63, 3.8) is 0 Å². The molecule has 1 aliphatic rings. The van der Waals surface area contributed by atoms with Gasteiger partial charge >= 0.3 is 0 Å². The summed E-state index contributed by atoms with van der Waals surface area (Å²) in [6, 6.07) is 3.53. The van der Waals surface area contributed by atoms with Gasteiger partial charge in [0.15, 0.2) is 0 Å². The molecule has 1 unspecified atom stereocenters. The highest BCUT2D eigenvalue weighted by Gasteiger charge is 2.51. The van der Waals surface area contributed by atoms with Crippen molar-refractivity contribution in [2.75, 3.05) is 5.32 Å². The van der Waals surface area contributed by atoms with Gasteiger partial charge in [0.2, 0.25) is 12.2 Å². The molecule has 8 heteroatoms. The molecular formula is C15H21BrN6O. The number of hydroxylamine groups is 2. The van der Waals surface area contributed by atoms with E-state index in [0.29, 0.717) is 22.7 Å². The molecule has 23 heavy (non-hydrogen) atoms. The first kappa shape index (κ1) is 17.7. The van der Waals surface area contributed by atoms with Crippen LogP contribution in [-0.4, -0.2) is 38.3 Å². The van der Waals surface area contributed by atoms with Crippen LogP contribution < -0.4 is 10.6 Å². The number of anilines is 1. The van der Waals surface area contributed by atoms with Crippen LogP contribution in [0.2, 0.25) is 0 Å². The molecule has 0 saturated carbocycles. The summed E-state index contributed by atoms with van der Waals surface area (Å²) in [6.45, 7) is 7.85. The number of nitriles is 1. The lowest BCUT2D eigenvalue weighted by Gasteiger charge is -2.36. The van der Waals surface area contributed by atoms with Crippen molar-refractivity contribution in [1.82, 2.24) is 15.4 Å². The number of nitrogens with zero attached hydrogens (tertiary/aromatic N) is 4. The smallest absolute Gasteiger partial charge is 0.212 e. The van der Waals surface area contributed by atoms with Crippen LogP contribution in [0, 0.1) is 11.5 Å². The third-order valence-corrected chi connectivity index (χ3v) is 4.79. The highest BCUT2D eigenvalue weighted by molar-refractivity contribution is 9.10. The van der Waals surface area contributed by atoms with E-state index >= 15 is 0 Å². The standard InChI is InChI=1S/C15H21BrN6O/c1-14(2)8-11(15(3,4)22(14)23)21-13(19-9-17)20-10-6-5-7-18-12(10)16/h5-7,11,23H,8H2,1-4H3,(H2,19,20,21). The largest absolute Gasteiger partial charge is 0.350 e. The highest BCUT2D eigenvalue weighted by atomic mass is 79.9. The van der Waals surface area contributed by atoms with Gasteiger partial charge in [-0.2, -0.15) is 10.3 Å². The first-order chi connectivity index (χ1) is 10.7.